The van der Waals surface area contributed by atoms with Crippen LogP contribution in [0.5, 0.6) is 0 Å². The second kappa shape index (κ2) is 18.3. The van der Waals surface area contributed by atoms with Gasteiger partial charge < -0.3 is 20.1 Å². The number of carbonyl (C=O) groups excluding carboxylic acids is 4. The van der Waals surface area contributed by atoms with Crippen LogP contribution in [0.15, 0.2) is 61.2 Å². The van der Waals surface area contributed by atoms with Crippen molar-refractivity contribution in [2.75, 3.05) is 74.3 Å². The van der Waals surface area contributed by atoms with Gasteiger partial charge in [-0.15, -0.1) is 0 Å². The largest absolute Gasteiger partial charge is 0.374 e. The number of hydrogen-bond acceptors (Lipinski definition) is 12. The second-order valence-corrected chi connectivity index (χ2v) is 17.8. The molecule has 1 atom stereocenters. The van der Waals surface area contributed by atoms with Crippen LogP contribution in [0.2, 0.25) is 0 Å². The molecule has 0 aliphatic carbocycles. The highest BCUT2D eigenvalue weighted by atomic mass is 32.2. The fraction of sp³-hybridized carbons (Fsp3) is 0.372. The molecule has 3 aliphatic heterocycles. The fourth-order valence-electron chi connectivity index (χ4n) is 8.18. The van der Waals surface area contributed by atoms with Crippen molar-refractivity contribution in [3.63, 3.8) is 0 Å². The Morgan fingerprint density at radius 1 is 0.891 bits per heavy atom. The highest BCUT2D eigenvalue weighted by Crippen LogP contribution is 2.33. The van der Waals surface area contributed by atoms with Crippen molar-refractivity contribution in [2.45, 2.75) is 44.6 Å². The van der Waals surface area contributed by atoms with Gasteiger partial charge in [-0.1, -0.05) is 19.1 Å². The van der Waals surface area contributed by atoms with Crippen molar-refractivity contribution >= 4 is 62.1 Å². The molecule has 1 unspecified atom stereocenters. The number of likely N-dealkylation sites (tertiary alicyclic amines) is 1. The highest BCUT2D eigenvalue weighted by molar-refractivity contribution is 7.90. The first-order valence-corrected chi connectivity index (χ1v) is 22.3. The topological polar surface area (TPSA) is 206 Å². The summed E-state index contributed by atoms with van der Waals surface area (Å²) in [5.41, 5.74) is -0.0545. The average Bonchev–Trinajstić information content (AvgIpc) is 3.74. The molecule has 3 fully saturated rings. The van der Waals surface area contributed by atoms with Gasteiger partial charge in [0.15, 0.2) is 5.82 Å². The van der Waals surface area contributed by atoms with E-state index in [1.165, 1.54) is 31.2 Å². The van der Waals surface area contributed by atoms with Gasteiger partial charge in [0.2, 0.25) is 29.5 Å². The maximum Gasteiger partial charge on any atom is 0.301 e. The number of hydrogen-bond donors (Lipinski definition) is 4. The van der Waals surface area contributed by atoms with Crippen molar-refractivity contribution in [1.29, 1.82) is 0 Å². The number of rotatable bonds is 13. The van der Waals surface area contributed by atoms with Crippen LogP contribution in [-0.4, -0.2) is 131 Å². The summed E-state index contributed by atoms with van der Waals surface area (Å²) in [6.45, 7) is 5.38. The van der Waals surface area contributed by atoms with Crippen LogP contribution in [-0.2, 0) is 24.6 Å². The fourth-order valence-corrected chi connectivity index (χ4v) is 9.11. The van der Waals surface area contributed by atoms with Crippen molar-refractivity contribution in [3.8, 4) is 11.1 Å². The first-order chi connectivity index (χ1) is 30.7. The molecule has 21 heteroatoms. The number of aromatic amines is 1. The molecule has 0 saturated carbocycles. The molecule has 4 N–H and O–H groups in total. The van der Waals surface area contributed by atoms with E-state index in [0.717, 1.165) is 54.3 Å². The minimum absolute atomic E-state index is 0.0434. The van der Waals surface area contributed by atoms with E-state index in [-0.39, 0.29) is 46.4 Å². The summed E-state index contributed by atoms with van der Waals surface area (Å²) in [6.07, 6.45) is 7.69. The monoisotopic (exact) mass is 901 g/mol. The molecule has 64 heavy (non-hydrogen) atoms. The Balaban J connectivity index is 0.850. The summed E-state index contributed by atoms with van der Waals surface area (Å²) in [7, 11) is -2.97. The van der Waals surface area contributed by atoms with Crippen molar-refractivity contribution < 1.29 is 40.8 Å². The van der Waals surface area contributed by atoms with E-state index in [2.05, 4.69) is 47.6 Å². The summed E-state index contributed by atoms with van der Waals surface area (Å²) in [6, 6.07) is 9.21. The number of aromatic nitrogens is 4. The molecular weight excluding hydrogens is 856 g/mol. The number of fused-ring (bicyclic) bond motifs is 1. The van der Waals surface area contributed by atoms with Crippen LogP contribution in [0.3, 0.4) is 0 Å². The van der Waals surface area contributed by atoms with Gasteiger partial charge in [-0.05, 0) is 68.1 Å². The highest BCUT2D eigenvalue weighted by Gasteiger charge is 2.31. The molecule has 336 valence electrons. The molecule has 2 aromatic carbocycles. The number of carbonyl (C=O) groups is 4. The number of ketones is 1. The van der Waals surface area contributed by atoms with Gasteiger partial charge in [0, 0.05) is 87.8 Å². The van der Waals surface area contributed by atoms with Gasteiger partial charge in [0.05, 0.1) is 28.7 Å². The summed E-state index contributed by atoms with van der Waals surface area (Å²) in [4.78, 5) is 72.2. The maximum atomic E-state index is 16.3. The van der Waals surface area contributed by atoms with E-state index in [1.807, 2.05) is 26.7 Å². The van der Waals surface area contributed by atoms with Crippen molar-refractivity contribution in [3.05, 3.63) is 95.3 Å². The molecule has 3 aliphatic rings. The number of amides is 3. The number of benzene rings is 2. The van der Waals surface area contributed by atoms with E-state index < -0.39 is 56.3 Å². The first-order valence-electron chi connectivity index (χ1n) is 20.9. The van der Waals surface area contributed by atoms with Gasteiger partial charge in [-0.25, -0.2) is 28.1 Å². The molecule has 5 aromatic rings. The number of piperidine rings is 2. The van der Waals surface area contributed by atoms with Crippen LogP contribution < -0.4 is 20.3 Å². The zero-order valence-corrected chi connectivity index (χ0v) is 35.9. The van der Waals surface area contributed by atoms with Crippen LogP contribution in [0, 0.1) is 17.5 Å². The van der Waals surface area contributed by atoms with E-state index in [0.29, 0.717) is 57.4 Å². The summed E-state index contributed by atoms with van der Waals surface area (Å²) in [5.74, 6) is -4.68. The Labute approximate surface area is 366 Å². The lowest BCUT2D eigenvalue weighted by atomic mass is 9.89. The van der Waals surface area contributed by atoms with Gasteiger partial charge >= 0.3 is 10.2 Å². The smallest absolute Gasteiger partial charge is 0.301 e. The quantitative estimate of drug-likeness (QED) is 0.0978. The van der Waals surface area contributed by atoms with Gasteiger partial charge in [-0.2, -0.15) is 12.7 Å². The predicted octanol–water partition coefficient (Wildman–Crippen LogP) is 4.02. The molecule has 0 bridgehead atoms. The predicted molar refractivity (Wildman–Crippen MR) is 231 cm³/mol. The van der Waals surface area contributed by atoms with Crippen molar-refractivity contribution in [1.82, 2.24) is 39.4 Å². The lowest BCUT2D eigenvalue weighted by Crippen LogP contribution is -2.52. The Hall–Kier alpha value is -6.45. The Morgan fingerprint density at radius 3 is 2.27 bits per heavy atom. The van der Waals surface area contributed by atoms with E-state index in [4.69, 9.17) is 0 Å². The minimum Gasteiger partial charge on any atom is -0.374 e. The third kappa shape index (κ3) is 9.13. The molecule has 6 heterocycles. The normalized spacial score (nSPS) is 17.8. The number of H-pyrrole nitrogens is 1. The Bertz CT molecular complexity index is 2700. The number of nitrogens with zero attached hydrogens (tertiary/aromatic N) is 7. The summed E-state index contributed by atoms with van der Waals surface area (Å²) in [5, 5.41) is 5.24. The van der Waals surface area contributed by atoms with Gasteiger partial charge in [0.25, 0.3) is 0 Å². The minimum atomic E-state index is -4.22. The Morgan fingerprint density at radius 2 is 1.59 bits per heavy atom. The lowest BCUT2D eigenvalue weighted by Gasteiger charge is -2.37. The maximum absolute atomic E-state index is 16.3. The molecule has 0 spiro atoms. The number of anilines is 3. The van der Waals surface area contributed by atoms with Gasteiger partial charge in [0.1, 0.15) is 23.3 Å². The molecule has 8 rings (SSSR count). The van der Waals surface area contributed by atoms with E-state index in [1.54, 1.807) is 6.92 Å². The number of pyridine rings is 1. The molecule has 17 nitrogen and oxygen atoms in total. The van der Waals surface area contributed by atoms with Crippen LogP contribution >= 0.6 is 0 Å². The molecule has 3 saturated heterocycles. The van der Waals surface area contributed by atoms with Crippen LogP contribution in [0.25, 0.3) is 22.2 Å². The lowest BCUT2D eigenvalue weighted by molar-refractivity contribution is -0.134. The zero-order chi connectivity index (χ0) is 45.3. The average molecular weight is 902 g/mol. The number of imide groups is 1. The third-order valence-corrected chi connectivity index (χ3v) is 13.6. The van der Waals surface area contributed by atoms with E-state index in [9.17, 15) is 27.6 Å². The number of piperazine rings is 1. The number of nitrogens with one attached hydrogen (secondary N) is 4. The molecular formula is C43H46F3N11O6S. The molecule has 3 amide bonds. The summed E-state index contributed by atoms with van der Waals surface area (Å²) >= 11 is 0. The van der Waals surface area contributed by atoms with Crippen LogP contribution in [0.1, 0.15) is 60.0 Å². The molecule has 3 aromatic heterocycles. The zero-order valence-electron chi connectivity index (χ0n) is 35.0. The first kappa shape index (κ1) is 44.2. The third-order valence-electron chi connectivity index (χ3n) is 12.1. The van der Waals surface area contributed by atoms with Crippen LogP contribution in [0.4, 0.5) is 30.5 Å². The second-order valence-electron chi connectivity index (χ2n) is 16.0. The molecule has 0 radical (unpaired) electrons. The van der Waals surface area contributed by atoms with E-state index >= 15 is 13.2 Å². The number of halogens is 3. The van der Waals surface area contributed by atoms with Gasteiger partial charge in [-0.3, -0.25) is 34.1 Å². The standard InChI is InChI=1S/C43H46F3N11O6S/c1-3-54(2)64(62,63)53-32-9-8-31(44)37(39(32)46)40(60)30-23-48-41-36(30)38(45)29(22-47-41)27-20-49-43(50-21-27)57-18-16-56(17-19-57)35(59)24-55-14-12-26(13-15-55)25-4-6-28(7-5-25)51-33-10-11-34(58)52-42(33)61/h4-9,20-23,26,33,51,53H,3,10-19,24H2,1-2H3,(H,47,48)(H,52,58,61). The SMILES string of the molecule is CCN(C)S(=O)(=O)Nc1ccc(F)c(C(=O)c2c[nH]c3ncc(-c4cnc(N5CCN(C(=O)CN6CCC(c7ccc(NC8CCC(=O)NC8=O)cc7)CC6)CC5)nc4)c(F)c23)c1F. The summed E-state index contributed by atoms with van der Waals surface area (Å²) < 4.78 is 74.9. The van der Waals surface area contributed by atoms with Crippen molar-refractivity contribution in [2.24, 2.45) is 0 Å². The Kier molecular flexibility index (Phi) is 12.7.